The van der Waals surface area contributed by atoms with Crippen LogP contribution in [-0.4, -0.2) is 60.4 Å². The number of piperidine rings is 1. The average molecular weight is 471 g/mol. The van der Waals surface area contributed by atoms with Crippen LogP contribution in [0.25, 0.3) is 0 Å². The number of nitrogens with zero attached hydrogens (tertiary/aromatic N) is 1. The Labute approximate surface area is 200 Å². The fourth-order valence-electron chi connectivity index (χ4n) is 4.96. The highest BCUT2D eigenvalue weighted by Gasteiger charge is 2.39. The van der Waals surface area contributed by atoms with Gasteiger partial charge in [0.2, 0.25) is 17.7 Å². The van der Waals surface area contributed by atoms with Crippen LogP contribution in [0, 0.1) is 0 Å². The number of imide groups is 1. The molecule has 0 aromatic heterocycles. The van der Waals surface area contributed by atoms with Gasteiger partial charge in [-0.15, -0.1) is 0 Å². The second-order valence-corrected chi connectivity index (χ2v) is 9.37. The predicted octanol–water partition coefficient (Wildman–Crippen LogP) is 2.11. The Kier molecular flexibility index (Phi) is 8.29. The molecule has 1 aliphatic carbocycles. The van der Waals surface area contributed by atoms with Crippen LogP contribution in [0.2, 0.25) is 0 Å². The smallest absolute Gasteiger partial charge is 0.255 e. The number of hydrogen-bond acceptors (Lipinski definition) is 6. The van der Waals surface area contributed by atoms with Gasteiger partial charge >= 0.3 is 0 Å². The van der Waals surface area contributed by atoms with Crippen molar-refractivity contribution in [1.29, 1.82) is 0 Å². The van der Waals surface area contributed by atoms with Crippen LogP contribution in [0.3, 0.4) is 0 Å². The molecule has 1 atom stereocenters. The SMILES string of the molecule is O=C1CCC(N2Cc3cc(NC(=O)COCCCCNC4CCCCC4)ccc3C2=O)C(=O)N1. The highest BCUT2D eigenvalue weighted by Crippen LogP contribution is 2.29. The van der Waals surface area contributed by atoms with Gasteiger partial charge in [0.15, 0.2) is 0 Å². The quantitative estimate of drug-likeness (QED) is 0.356. The minimum absolute atomic E-state index is 0.0194. The van der Waals surface area contributed by atoms with Crippen molar-refractivity contribution in [2.45, 2.75) is 76.4 Å². The molecule has 3 N–H and O–H groups in total. The molecule has 184 valence electrons. The van der Waals surface area contributed by atoms with Crippen molar-refractivity contribution in [3.05, 3.63) is 29.3 Å². The average Bonchev–Trinajstić information content (AvgIpc) is 3.14. The van der Waals surface area contributed by atoms with Gasteiger partial charge in [0.1, 0.15) is 12.6 Å². The Balaban J connectivity index is 1.16. The number of carbonyl (C=O) groups excluding carboxylic acids is 4. The Morgan fingerprint density at radius 1 is 1.09 bits per heavy atom. The zero-order chi connectivity index (χ0) is 23.9. The molecule has 0 bridgehead atoms. The first kappa shape index (κ1) is 24.3. The molecule has 0 radical (unpaired) electrons. The van der Waals surface area contributed by atoms with Gasteiger partial charge in [-0.2, -0.15) is 0 Å². The molecule has 1 aromatic carbocycles. The topological polar surface area (TPSA) is 117 Å². The molecule has 2 fully saturated rings. The van der Waals surface area contributed by atoms with E-state index in [2.05, 4.69) is 16.0 Å². The highest BCUT2D eigenvalue weighted by atomic mass is 16.5. The zero-order valence-electron chi connectivity index (χ0n) is 19.6. The molecule has 1 unspecified atom stereocenters. The normalized spacial score (nSPS) is 20.9. The first-order chi connectivity index (χ1) is 16.5. The number of unbranched alkanes of at least 4 members (excludes halogenated alkanes) is 1. The fraction of sp³-hybridized carbons (Fsp3) is 0.600. The summed E-state index contributed by atoms with van der Waals surface area (Å²) < 4.78 is 5.51. The number of anilines is 1. The lowest BCUT2D eigenvalue weighted by Crippen LogP contribution is -2.52. The number of ether oxygens (including phenoxy) is 1. The molecule has 1 saturated carbocycles. The Morgan fingerprint density at radius 3 is 2.71 bits per heavy atom. The van der Waals surface area contributed by atoms with Gasteiger partial charge in [0.25, 0.3) is 5.91 Å². The number of amides is 4. The monoisotopic (exact) mass is 470 g/mol. The number of fused-ring (bicyclic) bond motifs is 1. The van der Waals surface area contributed by atoms with E-state index >= 15 is 0 Å². The third-order valence-electron chi connectivity index (χ3n) is 6.79. The van der Waals surface area contributed by atoms with Gasteiger partial charge in [-0.3, -0.25) is 24.5 Å². The Morgan fingerprint density at radius 2 is 1.91 bits per heavy atom. The van der Waals surface area contributed by atoms with Crippen LogP contribution < -0.4 is 16.0 Å². The predicted molar refractivity (Wildman–Crippen MR) is 126 cm³/mol. The zero-order valence-corrected chi connectivity index (χ0v) is 19.6. The van der Waals surface area contributed by atoms with Crippen molar-refractivity contribution < 1.29 is 23.9 Å². The minimum Gasteiger partial charge on any atom is -0.372 e. The third kappa shape index (κ3) is 6.21. The van der Waals surface area contributed by atoms with E-state index in [1.807, 2.05) is 0 Å². The molecular formula is C25H34N4O5. The number of rotatable bonds is 10. The van der Waals surface area contributed by atoms with E-state index < -0.39 is 11.9 Å². The number of hydrogen-bond donors (Lipinski definition) is 3. The maximum Gasteiger partial charge on any atom is 0.255 e. The van der Waals surface area contributed by atoms with Crippen molar-refractivity contribution in [2.75, 3.05) is 25.1 Å². The van der Waals surface area contributed by atoms with Gasteiger partial charge in [0.05, 0.1) is 0 Å². The van der Waals surface area contributed by atoms with E-state index in [0.29, 0.717) is 30.3 Å². The molecule has 1 saturated heterocycles. The highest BCUT2D eigenvalue weighted by molar-refractivity contribution is 6.05. The second-order valence-electron chi connectivity index (χ2n) is 9.37. The van der Waals surface area contributed by atoms with Gasteiger partial charge in [-0.1, -0.05) is 19.3 Å². The number of benzene rings is 1. The van der Waals surface area contributed by atoms with E-state index in [0.717, 1.165) is 24.9 Å². The van der Waals surface area contributed by atoms with Crippen LogP contribution in [-0.2, 0) is 25.7 Å². The standard InChI is InChI=1S/C25H34N4O5/c30-22-11-10-21(24(32)28-22)29-15-17-14-19(8-9-20(17)25(29)33)27-23(31)16-34-13-5-4-12-26-18-6-2-1-3-7-18/h8-9,14,18,21,26H,1-7,10-13,15-16H2,(H,27,31)(H,28,30,32). The number of carbonyl (C=O) groups is 4. The van der Waals surface area contributed by atoms with Crippen molar-refractivity contribution >= 4 is 29.3 Å². The summed E-state index contributed by atoms with van der Waals surface area (Å²) in [5.41, 5.74) is 1.85. The van der Waals surface area contributed by atoms with E-state index in [4.69, 9.17) is 4.74 Å². The number of nitrogens with one attached hydrogen (secondary N) is 3. The summed E-state index contributed by atoms with van der Waals surface area (Å²) in [7, 11) is 0. The van der Waals surface area contributed by atoms with Gasteiger partial charge in [-0.05, 0) is 62.4 Å². The summed E-state index contributed by atoms with van der Waals surface area (Å²) in [6.45, 7) is 1.79. The molecule has 4 amide bonds. The van der Waals surface area contributed by atoms with Crippen molar-refractivity contribution in [3.8, 4) is 0 Å². The summed E-state index contributed by atoms with van der Waals surface area (Å²) in [6, 6.07) is 5.12. The molecule has 9 nitrogen and oxygen atoms in total. The van der Waals surface area contributed by atoms with Crippen molar-refractivity contribution in [1.82, 2.24) is 15.5 Å². The van der Waals surface area contributed by atoms with Crippen LogP contribution >= 0.6 is 0 Å². The van der Waals surface area contributed by atoms with Crippen LogP contribution in [0.4, 0.5) is 5.69 Å². The first-order valence-electron chi connectivity index (χ1n) is 12.4. The van der Waals surface area contributed by atoms with Crippen LogP contribution in [0.15, 0.2) is 18.2 Å². The summed E-state index contributed by atoms with van der Waals surface area (Å²) in [4.78, 5) is 50.0. The van der Waals surface area contributed by atoms with Crippen LogP contribution in [0.1, 0.15) is 73.7 Å². The molecule has 4 rings (SSSR count). The van der Waals surface area contributed by atoms with E-state index in [1.54, 1.807) is 18.2 Å². The maximum atomic E-state index is 12.7. The molecule has 0 spiro atoms. The Bertz CT molecular complexity index is 928. The largest absolute Gasteiger partial charge is 0.372 e. The third-order valence-corrected chi connectivity index (χ3v) is 6.79. The molecule has 2 heterocycles. The minimum atomic E-state index is -0.651. The lowest BCUT2D eigenvalue weighted by atomic mass is 9.95. The van der Waals surface area contributed by atoms with Crippen molar-refractivity contribution in [3.63, 3.8) is 0 Å². The molecular weight excluding hydrogens is 436 g/mol. The molecule has 1 aromatic rings. The fourth-order valence-corrected chi connectivity index (χ4v) is 4.96. The lowest BCUT2D eigenvalue weighted by Gasteiger charge is -2.29. The summed E-state index contributed by atoms with van der Waals surface area (Å²) in [5.74, 6) is -1.23. The molecule has 9 heteroatoms. The second kappa shape index (κ2) is 11.6. The van der Waals surface area contributed by atoms with Gasteiger partial charge < -0.3 is 20.3 Å². The summed E-state index contributed by atoms with van der Waals surface area (Å²) in [5, 5.41) is 8.71. The lowest BCUT2D eigenvalue weighted by molar-refractivity contribution is -0.137. The summed E-state index contributed by atoms with van der Waals surface area (Å²) >= 11 is 0. The first-order valence-corrected chi connectivity index (χ1v) is 12.4. The van der Waals surface area contributed by atoms with E-state index in [1.165, 1.54) is 37.0 Å². The van der Waals surface area contributed by atoms with Gasteiger partial charge in [-0.25, -0.2) is 0 Å². The molecule has 3 aliphatic rings. The molecule has 34 heavy (non-hydrogen) atoms. The van der Waals surface area contributed by atoms with Crippen molar-refractivity contribution in [2.24, 2.45) is 0 Å². The van der Waals surface area contributed by atoms with Crippen LogP contribution in [0.5, 0.6) is 0 Å². The maximum absolute atomic E-state index is 12.7. The summed E-state index contributed by atoms with van der Waals surface area (Å²) in [6.07, 6.45) is 9.05. The Hall–Kier alpha value is -2.78. The molecule has 2 aliphatic heterocycles. The van der Waals surface area contributed by atoms with Gasteiger partial charge in [0, 0.05) is 36.9 Å². The van der Waals surface area contributed by atoms with E-state index in [-0.39, 0.29) is 37.3 Å². The van der Waals surface area contributed by atoms with E-state index in [9.17, 15) is 19.2 Å².